The molecule has 2 aromatic rings. The molecular formula is C21H24N4O5S. The lowest BCUT2D eigenvalue weighted by molar-refractivity contribution is -0.128. The minimum absolute atomic E-state index is 0.0260. The van der Waals surface area contributed by atoms with E-state index in [4.69, 9.17) is 14.2 Å². The van der Waals surface area contributed by atoms with E-state index in [0.29, 0.717) is 16.6 Å². The highest BCUT2D eigenvalue weighted by Gasteiger charge is 2.23. The number of carbonyl (C=O) groups excluding carboxylic acids is 2. The molecule has 164 valence electrons. The summed E-state index contributed by atoms with van der Waals surface area (Å²) < 4.78 is 16.3. The number of benzene rings is 1. The first-order valence-electron chi connectivity index (χ1n) is 10.0. The largest absolute Gasteiger partial charge is 0.493 e. The summed E-state index contributed by atoms with van der Waals surface area (Å²) in [6.07, 6.45) is 5.81. The van der Waals surface area contributed by atoms with Gasteiger partial charge in [-0.25, -0.2) is 0 Å². The van der Waals surface area contributed by atoms with Crippen molar-refractivity contribution in [3.8, 4) is 11.5 Å². The maximum absolute atomic E-state index is 12.7. The summed E-state index contributed by atoms with van der Waals surface area (Å²) in [4.78, 5) is 26.6. The third kappa shape index (κ3) is 4.86. The van der Waals surface area contributed by atoms with Gasteiger partial charge in [-0.3, -0.25) is 9.59 Å². The fourth-order valence-corrected chi connectivity index (χ4v) is 4.40. The van der Waals surface area contributed by atoms with Gasteiger partial charge in [0.15, 0.2) is 11.5 Å². The van der Waals surface area contributed by atoms with Crippen LogP contribution in [0.25, 0.3) is 6.08 Å². The standard InChI is InChI=1S/C21H24N4O5S/c1-28-16-10-13-5-7-25(19(27)12-14(13)11-17(16)29-2)8-6-18(26)22-21-24-23-20(31-21)15-4-3-9-30-15/h5,7,10-11,15H,3-4,6,8-9,12H2,1-2H3,(H,22,24,26)/t15-/m0/s1. The van der Waals surface area contributed by atoms with Gasteiger partial charge in [-0.1, -0.05) is 11.3 Å². The third-order valence-corrected chi connectivity index (χ3v) is 6.14. The predicted octanol–water partition coefficient (Wildman–Crippen LogP) is 2.79. The Morgan fingerprint density at radius 1 is 1.29 bits per heavy atom. The number of fused-ring (bicyclic) bond motifs is 1. The fraction of sp³-hybridized carbons (Fsp3) is 0.429. The SMILES string of the molecule is COc1cc2c(cc1OC)CC(=O)N(CCC(=O)Nc1nnc([C@@H]3CCCO3)s1)C=C2. The molecule has 0 radical (unpaired) electrons. The van der Waals surface area contributed by atoms with E-state index in [2.05, 4.69) is 15.5 Å². The Morgan fingerprint density at radius 3 is 2.84 bits per heavy atom. The lowest BCUT2D eigenvalue weighted by Gasteiger charge is -2.16. The van der Waals surface area contributed by atoms with Crippen LogP contribution in [0.15, 0.2) is 18.3 Å². The molecule has 2 aliphatic rings. The van der Waals surface area contributed by atoms with Crippen molar-refractivity contribution in [1.82, 2.24) is 15.1 Å². The molecule has 31 heavy (non-hydrogen) atoms. The Morgan fingerprint density at radius 2 is 2.10 bits per heavy atom. The lowest BCUT2D eigenvalue weighted by Crippen LogP contribution is -2.29. The highest BCUT2D eigenvalue weighted by molar-refractivity contribution is 7.15. The molecule has 1 aromatic carbocycles. The minimum Gasteiger partial charge on any atom is -0.493 e. The molecule has 3 heterocycles. The van der Waals surface area contributed by atoms with Gasteiger partial charge in [-0.2, -0.15) is 0 Å². The molecule has 1 N–H and O–H groups in total. The van der Waals surface area contributed by atoms with Crippen molar-refractivity contribution in [2.24, 2.45) is 0 Å². The first-order chi connectivity index (χ1) is 15.1. The van der Waals surface area contributed by atoms with Crippen LogP contribution < -0.4 is 14.8 Å². The molecule has 0 aliphatic carbocycles. The molecule has 1 saturated heterocycles. The number of hydrogen-bond donors (Lipinski definition) is 1. The quantitative estimate of drug-likeness (QED) is 0.700. The highest BCUT2D eigenvalue weighted by Crippen LogP contribution is 2.33. The Hall–Kier alpha value is -2.98. The van der Waals surface area contributed by atoms with Crippen LogP contribution in [-0.4, -0.2) is 54.3 Å². The minimum atomic E-state index is -0.221. The number of aromatic nitrogens is 2. The van der Waals surface area contributed by atoms with E-state index in [9.17, 15) is 9.59 Å². The molecule has 4 rings (SSSR count). The van der Waals surface area contributed by atoms with Gasteiger partial charge in [-0.15, -0.1) is 10.2 Å². The lowest BCUT2D eigenvalue weighted by atomic mass is 10.0. The van der Waals surface area contributed by atoms with E-state index < -0.39 is 0 Å². The van der Waals surface area contributed by atoms with Crippen LogP contribution in [0, 0.1) is 0 Å². The number of carbonyl (C=O) groups is 2. The molecule has 10 heteroatoms. The summed E-state index contributed by atoms with van der Waals surface area (Å²) in [6.45, 7) is 0.994. The van der Waals surface area contributed by atoms with E-state index in [1.54, 1.807) is 25.3 Å². The molecule has 2 aliphatic heterocycles. The summed E-state index contributed by atoms with van der Waals surface area (Å²) in [7, 11) is 3.13. The topological polar surface area (TPSA) is 103 Å². The zero-order chi connectivity index (χ0) is 21.8. The van der Waals surface area contributed by atoms with Crippen molar-refractivity contribution in [3.05, 3.63) is 34.5 Å². The van der Waals surface area contributed by atoms with Crippen molar-refractivity contribution < 1.29 is 23.8 Å². The summed E-state index contributed by atoms with van der Waals surface area (Å²) in [5, 5.41) is 12.1. The molecule has 0 spiro atoms. The average Bonchev–Trinajstić information content (AvgIpc) is 3.43. The van der Waals surface area contributed by atoms with Crippen LogP contribution in [0.3, 0.4) is 0 Å². The summed E-state index contributed by atoms with van der Waals surface area (Å²) in [5.41, 5.74) is 1.73. The first-order valence-corrected chi connectivity index (χ1v) is 10.9. The zero-order valence-corrected chi connectivity index (χ0v) is 18.2. The highest BCUT2D eigenvalue weighted by atomic mass is 32.1. The van der Waals surface area contributed by atoms with Crippen molar-refractivity contribution in [2.45, 2.75) is 31.8 Å². The molecule has 0 saturated carbocycles. The maximum Gasteiger partial charge on any atom is 0.230 e. The second-order valence-electron chi connectivity index (χ2n) is 7.23. The predicted molar refractivity (Wildman–Crippen MR) is 115 cm³/mol. The van der Waals surface area contributed by atoms with Gasteiger partial charge in [0.05, 0.1) is 20.6 Å². The van der Waals surface area contributed by atoms with Crippen molar-refractivity contribution >= 4 is 34.4 Å². The monoisotopic (exact) mass is 444 g/mol. The Kier molecular flexibility index (Phi) is 6.47. The van der Waals surface area contributed by atoms with Crippen molar-refractivity contribution in [3.63, 3.8) is 0 Å². The molecule has 1 aromatic heterocycles. The summed E-state index contributed by atoms with van der Waals surface area (Å²) >= 11 is 1.32. The van der Waals surface area contributed by atoms with Gasteiger partial charge in [0, 0.05) is 25.8 Å². The van der Waals surface area contributed by atoms with Gasteiger partial charge in [0.2, 0.25) is 16.9 Å². The average molecular weight is 445 g/mol. The van der Waals surface area contributed by atoms with E-state index in [1.165, 1.54) is 11.3 Å². The van der Waals surface area contributed by atoms with Crippen LogP contribution in [0.5, 0.6) is 11.5 Å². The normalized spacial score (nSPS) is 17.9. The van der Waals surface area contributed by atoms with Crippen LogP contribution >= 0.6 is 11.3 Å². The number of nitrogens with zero attached hydrogens (tertiary/aromatic N) is 3. The molecule has 0 unspecified atom stereocenters. The Balaban J connectivity index is 1.35. The number of rotatable bonds is 7. The number of anilines is 1. The van der Waals surface area contributed by atoms with Gasteiger partial charge in [0.1, 0.15) is 11.1 Å². The van der Waals surface area contributed by atoms with Gasteiger partial charge >= 0.3 is 0 Å². The van der Waals surface area contributed by atoms with Gasteiger partial charge in [-0.05, 0) is 42.2 Å². The molecule has 0 bridgehead atoms. The third-order valence-electron chi connectivity index (χ3n) is 5.21. The van der Waals surface area contributed by atoms with E-state index in [-0.39, 0.29) is 37.3 Å². The number of amides is 2. The number of ether oxygens (including phenoxy) is 3. The first kappa shape index (κ1) is 21.3. The maximum atomic E-state index is 12.7. The van der Waals surface area contributed by atoms with Crippen molar-refractivity contribution in [2.75, 3.05) is 32.7 Å². The Bertz CT molecular complexity index is 1000. The summed E-state index contributed by atoms with van der Waals surface area (Å²) in [6, 6.07) is 3.66. The van der Waals surface area contributed by atoms with E-state index in [1.807, 2.05) is 18.2 Å². The molecular weight excluding hydrogens is 420 g/mol. The second-order valence-corrected chi connectivity index (χ2v) is 8.24. The Labute approximate surface area is 184 Å². The van der Waals surface area contributed by atoms with E-state index in [0.717, 1.165) is 35.6 Å². The second kappa shape index (κ2) is 9.44. The fourth-order valence-electron chi connectivity index (χ4n) is 3.55. The molecule has 1 fully saturated rings. The smallest absolute Gasteiger partial charge is 0.230 e. The van der Waals surface area contributed by atoms with Gasteiger partial charge in [0.25, 0.3) is 0 Å². The number of hydrogen-bond acceptors (Lipinski definition) is 8. The number of nitrogens with one attached hydrogen (secondary N) is 1. The van der Waals surface area contributed by atoms with Crippen LogP contribution in [0.2, 0.25) is 0 Å². The van der Waals surface area contributed by atoms with Crippen LogP contribution in [0.4, 0.5) is 5.13 Å². The molecule has 1 atom stereocenters. The van der Waals surface area contributed by atoms with Crippen molar-refractivity contribution in [1.29, 1.82) is 0 Å². The molecule has 2 amide bonds. The molecule has 9 nitrogen and oxygen atoms in total. The van der Waals surface area contributed by atoms with Crippen LogP contribution in [-0.2, 0) is 20.7 Å². The van der Waals surface area contributed by atoms with Gasteiger partial charge < -0.3 is 24.4 Å². The zero-order valence-electron chi connectivity index (χ0n) is 17.4. The van der Waals surface area contributed by atoms with Crippen LogP contribution in [0.1, 0.15) is 41.5 Å². The summed E-state index contributed by atoms with van der Waals surface area (Å²) in [5.74, 6) is 0.869. The number of methoxy groups -OCH3 is 2. The van der Waals surface area contributed by atoms with E-state index >= 15 is 0 Å².